The first-order valence-corrected chi connectivity index (χ1v) is 9.85. The van der Waals surface area contributed by atoms with E-state index in [9.17, 15) is 14.4 Å². The number of carbonyl (C=O) groups is 3. The summed E-state index contributed by atoms with van der Waals surface area (Å²) in [5, 5.41) is 6.65. The first kappa shape index (κ1) is 15.7. The average molecular weight is 365 g/mol. The SMILES string of the molecule is CC1(C)[C@H]2C[C@]34CCCN3C(=O)[C@@]2(C[C@]12Nc1ccccc1C2=O)NC4=O. The van der Waals surface area contributed by atoms with E-state index in [4.69, 9.17) is 0 Å². The molecule has 6 nitrogen and oxygen atoms in total. The van der Waals surface area contributed by atoms with Gasteiger partial charge in [0.25, 0.3) is 0 Å². The number of benzene rings is 1. The molecule has 1 saturated carbocycles. The molecule has 3 spiro atoms. The van der Waals surface area contributed by atoms with Crippen LogP contribution in [0.25, 0.3) is 0 Å². The molecule has 5 aliphatic heterocycles. The lowest BCUT2D eigenvalue weighted by atomic mass is 9.59. The van der Waals surface area contributed by atoms with Crippen molar-refractivity contribution in [3.05, 3.63) is 29.8 Å². The van der Waals surface area contributed by atoms with E-state index in [1.807, 2.05) is 29.2 Å². The Labute approximate surface area is 157 Å². The van der Waals surface area contributed by atoms with E-state index in [-0.39, 0.29) is 23.5 Å². The number of rotatable bonds is 0. The molecular formula is C21H23N3O3. The highest BCUT2D eigenvalue weighted by molar-refractivity contribution is 6.16. The van der Waals surface area contributed by atoms with Gasteiger partial charge in [-0.3, -0.25) is 14.4 Å². The summed E-state index contributed by atoms with van der Waals surface area (Å²) >= 11 is 0. The first-order chi connectivity index (χ1) is 12.8. The fraction of sp³-hybridized carbons (Fsp3) is 0.571. The van der Waals surface area contributed by atoms with Crippen LogP contribution in [0.15, 0.2) is 24.3 Å². The predicted molar refractivity (Wildman–Crippen MR) is 98.2 cm³/mol. The standard InChI is InChI=1S/C21H23N3O3/c1-18(2)14-10-19-8-5-9-24(19)17(27)20(14,23-16(19)26)11-21(18)15(25)12-6-3-4-7-13(12)22-21/h3-4,6-7,14,22H,5,8-11H2,1-2H3,(H,23,26)/t14-,19+,20+,21-/m1/s1. The van der Waals surface area contributed by atoms with E-state index < -0.39 is 22.0 Å². The minimum atomic E-state index is -0.975. The van der Waals surface area contributed by atoms with Crippen LogP contribution in [0.5, 0.6) is 0 Å². The number of nitrogens with one attached hydrogen (secondary N) is 2. The van der Waals surface area contributed by atoms with Gasteiger partial charge in [0.1, 0.15) is 16.6 Å². The summed E-state index contributed by atoms with van der Waals surface area (Å²) in [5.74, 6) is -0.0108. The highest BCUT2D eigenvalue weighted by Crippen LogP contribution is 2.66. The van der Waals surface area contributed by atoms with Gasteiger partial charge in [0, 0.05) is 35.5 Å². The Morgan fingerprint density at radius 1 is 1.11 bits per heavy atom. The third kappa shape index (κ3) is 1.38. The number of nitrogens with zero attached hydrogens (tertiary/aromatic N) is 1. The van der Waals surface area contributed by atoms with Crippen LogP contribution >= 0.6 is 0 Å². The van der Waals surface area contributed by atoms with Gasteiger partial charge in [-0.25, -0.2) is 0 Å². The molecule has 6 aliphatic rings. The predicted octanol–water partition coefficient (Wildman–Crippen LogP) is 1.71. The lowest BCUT2D eigenvalue weighted by Crippen LogP contribution is -2.81. The monoisotopic (exact) mass is 365 g/mol. The Kier molecular flexibility index (Phi) is 2.44. The van der Waals surface area contributed by atoms with Gasteiger partial charge in [-0.15, -0.1) is 0 Å². The van der Waals surface area contributed by atoms with Crippen LogP contribution in [0.3, 0.4) is 0 Å². The van der Waals surface area contributed by atoms with E-state index >= 15 is 0 Å². The van der Waals surface area contributed by atoms with Crippen molar-refractivity contribution in [2.45, 2.75) is 56.1 Å². The maximum atomic E-state index is 13.6. The van der Waals surface area contributed by atoms with Gasteiger partial charge in [-0.2, -0.15) is 0 Å². The van der Waals surface area contributed by atoms with Crippen molar-refractivity contribution in [1.82, 2.24) is 10.2 Å². The summed E-state index contributed by atoms with van der Waals surface area (Å²) < 4.78 is 0. The number of piperidine rings is 2. The largest absolute Gasteiger partial charge is 0.371 e. The van der Waals surface area contributed by atoms with Gasteiger partial charge < -0.3 is 15.5 Å². The molecule has 0 radical (unpaired) electrons. The number of hydrogen-bond donors (Lipinski definition) is 2. The maximum absolute atomic E-state index is 13.6. The van der Waals surface area contributed by atoms with Crippen molar-refractivity contribution >= 4 is 23.3 Å². The van der Waals surface area contributed by atoms with Crippen molar-refractivity contribution in [2.24, 2.45) is 11.3 Å². The van der Waals surface area contributed by atoms with E-state index in [1.165, 1.54) is 0 Å². The molecule has 0 aromatic heterocycles. The number of para-hydroxylation sites is 1. The average Bonchev–Trinajstić information content (AvgIpc) is 3.24. The number of anilines is 1. The zero-order chi connectivity index (χ0) is 18.8. The third-order valence-corrected chi connectivity index (χ3v) is 8.43. The number of fused-ring (bicyclic) bond motifs is 2. The molecule has 2 bridgehead atoms. The zero-order valence-corrected chi connectivity index (χ0v) is 15.6. The number of ketones is 1. The Morgan fingerprint density at radius 3 is 2.67 bits per heavy atom. The number of amides is 2. The van der Waals surface area contributed by atoms with Gasteiger partial charge >= 0.3 is 0 Å². The summed E-state index contributed by atoms with van der Waals surface area (Å²) in [7, 11) is 0. The van der Waals surface area contributed by atoms with Crippen LogP contribution in [0, 0.1) is 11.3 Å². The minimum Gasteiger partial charge on any atom is -0.371 e. The Morgan fingerprint density at radius 2 is 1.89 bits per heavy atom. The molecule has 6 heteroatoms. The molecule has 1 aromatic carbocycles. The molecule has 2 amide bonds. The second-order valence-corrected chi connectivity index (χ2v) is 9.58. The molecule has 5 fully saturated rings. The van der Waals surface area contributed by atoms with Crippen molar-refractivity contribution in [3.63, 3.8) is 0 Å². The van der Waals surface area contributed by atoms with Crippen molar-refractivity contribution in [2.75, 3.05) is 11.9 Å². The molecule has 140 valence electrons. The molecule has 0 unspecified atom stereocenters. The van der Waals surface area contributed by atoms with Crippen molar-refractivity contribution in [1.29, 1.82) is 0 Å². The van der Waals surface area contributed by atoms with Crippen LogP contribution in [-0.4, -0.2) is 45.7 Å². The minimum absolute atomic E-state index is 0.0198. The molecule has 7 rings (SSSR count). The Bertz CT molecular complexity index is 956. The molecular weight excluding hydrogens is 342 g/mol. The van der Waals surface area contributed by atoms with Gasteiger partial charge in [0.15, 0.2) is 5.78 Å². The Balaban J connectivity index is 1.55. The zero-order valence-electron chi connectivity index (χ0n) is 15.6. The van der Waals surface area contributed by atoms with Crippen LogP contribution in [0.4, 0.5) is 5.69 Å². The molecule has 1 aromatic rings. The Hall–Kier alpha value is -2.37. The van der Waals surface area contributed by atoms with Crippen LogP contribution in [0.2, 0.25) is 0 Å². The van der Waals surface area contributed by atoms with E-state index in [0.717, 1.165) is 18.5 Å². The van der Waals surface area contributed by atoms with Gasteiger partial charge in [0.05, 0.1) is 0 Å². The molecule has 4 atom stereocenters. The number of Topliss-reactive ketones (excluding diaryl/α,β-unsaturated/α-hetero) is 1. The second kappa shape index (κ2) is 4.21. The highest BCUT2D eigenvalue weighted by atomic mass is 16.2. The van der Waals surface area contributed by atoms with Crippen LogP contribution < -0.4 is 10.6 Å². The summed E-state index contributed by atoms with van der Waals surface area (Å²) in [6.45, 7) is 4.84. The number of carbonyl (C=O) groups excluding carboxylic acids is 3. The van der Waals surface area contributed by atoms with Crippen LogP contribution in [-0.2, 0) is 9.59 Å². The quantitative estimate of drug-likeness (QED) is 0.734. The van der Waals surface area contributed by atoms with Crippen LogP contribution in [0.1, 0.15) is 49.9 Å². The van der Waals surface area contributed by atoms with E-state index in [0.29, 0.717) is 24.9 Å². The van der Waals surface area contributed by atoms with Crippen molar-refractivity contribution in [3.8, 4) is 0 Å². The summed E-state index contributed by atoms with van der Waals surface area (Å²) in [4.78, 5) is 42.0. The summed E-state index contributed by atoms with van der Waals surface area (Å²) in [6.07, 6.45) is 2.57. The lowest BCUT2D eigenvalue weighted by Gasteiger charge is -2.58. The highest BCUT2D eigenvalue weighted by Gasteiger charge is 2.80. The van der Waals surface area contributed by atoms with Gasteiger partial charge in [-0.05, 0) is 31.4 Å². The number of piperazine rings is 1. The third-order valence-electron chi connectivity index (χ3n) is 8.43. The fourth-order valence-electron chi connectivity index (χ4n) is 7.02. The van der Waals surface area contributed by atoms with E-state index in [1.54, 1.807) is 0 Å². The van der Waals surface area contributed by atoms with Gasteiger partial charge in [0.2, 0.25) is 11.8 Å². The molecule has 2 N–H and O–H groups in total. The molecule has 1 aliphatic carbocycles. The van der Waals surface area contributed by atoms with Gasteiger partial charge in [-0.1, -0.05) is 26.0 Å². The normalized spacial score (nSPS) is 42.8. The molecule has 5 heterocycles. The first-order valence-electron chi connectivity index (χ1n) is 9.85. The summed E-state index contributed by atoms with van der Waals surface area (Å²) in [5.41, 5.74) is -1.49. The smallest absolute Gasteiger partial charge is 0.249 e. The maximum Gasteiger partial charge on any atom is 0.249 e. The molecule has 27 heavy (non-hydrogen) atoms. The fourth-order valence-corrected chi connectivity index (χ4v) is 7.02. The number of hydrogen-bond acceptors (Lipinski definition) is 4. The second-order valence-electron chi connectivity index (χ2n) is 9.58. The van der Waals surface area contributed by atoms with E-state index in [2.05, 4.69) is 24.5 Å². The van der Waals surface area contributed by atoms with Crippen molar-refractivity contribution < 1.29 is 14.4 Å². The topological polar surface area (TPSA) is 78.5 Å². The molecule has 4 saturated heterocycles. The lowest BCUT2D eigenvalue weighted by molar-refractivity contribution is -0.175. The summed E-state index contributed by atoms with van der Waals surface area (Å²) in [6, 6.07) is 7.56.